The Morgan fingerprint density at radius 3 is 2.58 bits per heavy atom. The normalized spacial score (nSPS) is 21.4. The predicted octanol–water partition coefficient (Wildman–Crippen LogP) is 3.29. The van der Waals surface area contributed by atoms with Crippen molar-refractivity contribution in [2.45, 2.75) is 51.0 Å². The van der Waals surface area contributed by atoms with Crippen molar-refractivity contribution in [2.75, 3.05) is 0 Å². The molecule has 0 spiro atoms. The van der Waals surface area contributed by atoms with Crippen molar-refractivity contribution >= 4 is 0 Å². The van der Waals surface area contributed by atoms with E-state index in [2.05, 4.69) is 11.1 Å². The van der Waals surface area contributed by atoms with Crippen LogP contribution in [0.3, 0.4) is 0 Å². The van der Waals surface area contributed by atoms with Crippen molar-refractivity contribution in [3.63, 3.8) is 0 Å². The molecule has 0 amide bonds. The van der Waals surface area contributed by atoms with Gasteiger partial charge in [0.25, 0.3) is 0 Å². The number of aromatic nitrogens is 1. The van der Waals surface area contributed by atoms with Crippen LogP contribution in [0.15, 0.2) is 18.3 Å². The summed E-state index contributed by atoms with van der Waals surface area (Å²) in [4.78, 5) is 4.01. The summed E-state index contributed by atoms with van der Waals surface area (Å²) in [5.74, 6) is -0.433. The maximum absolute atomic E-state index is 13.0. The summed E-state index contributed by atoms with van der Waals surface area (Å²) in [5.41, 5.74) is -1.69. The third kappa shape index (κ3) is 2.23. The molecule has 1 unspecified atom stereocenters. The highest BCUT2D eigenvalue weighted by molar-refractivity contribution is 5.24. The lowest BCUT2D eigenvalue weighted by atomic mass is 9.62. The molecule has 0 aliphatic heterocycles. The van der Waals surface area contributed by atoms with E-state index >= 15 is 0 Å². The van der Waals surface area contributed by atoms with Crippen LogP contribution >= 0.6 is 0 Å². The number of aliphatic hydroxyl groups is 1. The molecule has 0 radical (unpaired) electrons. The second-order valence-corrected chi connectivity index (χ2v) is 5.33. The molecule has 2 rings (SSSR count). The topological polar surface area (TPSA) is 56.9 Å². The van der Waals surface area contributed by atoms with Gasteiger partial charge in [0.1, 0.15) is 11.4 Å². The van der Waals surface area contributed by atoms with Gasteiger partial charge in [0.2, 0.25) is 0 Å². The fourth-order valence-corrected chi connectivity index (χ4v) is 3.16. The molecule has 1 aromatic heterocycles. The first-order chi connectivity index (χ1) is 9.08. The lowest BCUT2D eigenvalue weighted by Gasteiger charge is -2.44. The van der Waals surface area contributed by atoms with Gasteiger partial charge in [0.05, 0.1) is 23.4 Å². The Balaban J connectivity index is 2.46. The van der Waals surface area contributed by atoms with Gasteiger partial charge in [-0.25, -0.2) is 4.39 Å². The minimum atomic E-state index is -1.30. The zero-order valence-corrected chi connectivity index (χ0v) is 11.2. The average molecular weight is 262 g/mol. The van der Waals surface area contributed by atoms with E-state index in [1.165, 1.54) is 12.1 Å². The maximum atomic E-state index is 13.0. The molecule has 0 saturated heterocycles. The van der Waals surface area contributed by atoms with Gasteiger partial charge in [-0.05, 0) is 31.4 Å². The van der Waals surface area contributed by atoms with Crippen molar-refractivity contribution in [1.29, 1.82) is 5.26 Å². The first kappa shape index (κ1) is 14.0. The molecule has 1 aliphatic carbocycles. The molecule has 4 heteroatoms. The van der Waals surface area contributed by atoms with Gasteiger partial charge in [0.15, 0.2) is 0 Å². The van der Waals surface area contributed by atoms with Crippen molar-refractivity contribution < 1.29 is 9.50 Å². The number of hydrogen-bond donors (Lipinski definition) is 1. The molecular formula is C15H19FN2O. The van der Waals surface area contributed by atoms with Crippen LogP contribution in [0.1, 0.15) is 51.1 Å². The molecule has 19 heavy (non-hydrogen) atoms. The molecule has 102 valence electrons. The van der Waals surface area contributed by atoms with E-state index in [9.17, 15) is 14.8 Å². The zero-order valence-electron chi connectivity index (χ0n) is 11.2. The Labute approximate surface area is 113 Å². The monoisotopic (exact) mass is 262 g/mol. The fraction of sp³-hybridized carbons (Fsp3) is 0.600. The van der Waals surface area contributed by atoms with E-state index in [0.29, 0.717) is 25.0 Å². The highest BCUT2D eigenvalue weighted by Crippen LogP contribution is 2.50. The minimum Gasteiger partial charge on any atom is -0.382 e. The summed E-state index contributed by atoms with van der Waals surface area (Å²) < 4.78 is 13.0. The summed E-state index contributed by atoms with van der Waals surface area (Å²) in [6, 6.07) is 5.12. The smallest absolute Gasteiger partial charge is 0.141 e. The summed E-state index contributed by atoms with van der Waals surface area (Å²) in [6.07, 6.45) is 5.83. The number of halogens is 1. The second kappa shape index (κ2) is 5.26. The van der Waals surface area contributed by atoms with Crippen LogP contribution < -0.4 is 0 Å². The Kier molecular flexibility index (Phi) is 3.86. The molecule has 1 aromatic rings. The van der Waals surface area contributed by atoms with E-state index in [1.54, 1.807) is 0 Å². The van der Waals surface area contributed by atoms with Crippen molar-refractivity contribution in [3.8, 4) is 6.07 Å². The van der Waals surface area contributed by atoms with Gasteiger partial charge < -0.3 is 5.11 Å². The SMILES string of the molecule is CCC(O)(c1ccc(F)cn1)C1(C#N)CCCCC1. The van der Waals surface area contributed by atoms with E-state index in [4.69, 9.17) is 0 Å². The largest absolute Gasteiger partial charge is 0.382 e. The van der Waals surface area contributed by atoms with E-state index in [0.717, 1.165) is 25.5 Å². The van der Waals surface area contributed by atoms with E-state index < -0.39 is 16.8 Å². The van der Waals surface area contributed by atoms with Gasteiger partial charge in [-0.1, -0.05) is 26.2 Å². The highest BCUT2D eigenvalue weighted by Gasteiger charge is 2.52. The fourth-order valence-electron chi connectivity index (χ4n) is 3.16. The van der Waals surface area contributed by atoms with Crippen LogP contribution in [0.4, 0.5) is 4.39 Å². The Morgan fingerprint density at radius 1 is 1.42 bits per heavy atom. The molecule has 1 atom stereocenters. The number of nitrogens with zero attached hydrogens (tertiary/aromatic N) is 2. The molecule has 1 fully saturated rings. The molecule has 1 heterocycles. The first-order valence-electron chi connectivity index (χ1n) is 6.84. The Bertz CT molecular complexity index is 474. The number of hydrogen-bond acceptors (Lipinski definition) is 3. The summed E-state index contributed by atoms with van der Waals surface area (Å²) in [6.45, 7) is 1.85. The van der Waals surface area contributed by atoms with E-state index in [1.807, 2.05) is 6.92 Å². The van der Waals surface area contributed by atoms with Crippen molar-refractivity contribution in [3.05, 3.63) is 29.8 Å². The molecule has 0 bridgehead atoms. The van der Waals surface area contributed by atoms with Crippen LogP contribution in [0.5, 0.6) is 0 Å². The van der Waals surface area contributed by atoms with Crippen molar-refractivity contribution in [2.24, 2.45) is 5.41 Å². The van der Waals surface area contributed by atoms with Gasteiger partial charge in [-0.2, -0.15) is 5.26 Å². The molecule has 1 N–H and O–H groups in total. The lowest BCUT2D eigenvalue weighted by molar-refractivity contribution is -0.0854. The van der Waals surface area contributed by atoms with Crippen LogP contribution in [-0.4, -0.2) is 10.1 Å². The quantitative estimate of drug-likeness (QED) is 0.909. The van der Waals surface area contributed by atoms with Crippen LogP contribution in [0, 0.1) is 22.6 Å². The third-order valence-corrected chi connectivity index (χ3v) is 4.38. The van der Waals surface area contributed by atoms with Gasteiger partial charge in [-0.3, -0.25) is 4.98 Å². The summed E-state index contributed by atoms with van der Waals surface area (Å²) in [5, 5.41) is 20.7. The number of pyridine rings is 1. The zero-order chi connectivity index (χ0) is 13.9. The molecule has 0 aromatic carbocycles. The standard InChI is InChI=1S/C15H19FN2O/c1-2-15(19,13-7-6-12(16)10-18-13)14(11-17)8-4-3-5-9-14/h6-7,10,19H,2-5,8-9H2,1H3. The maximum Gasteiger partial charge on any atom is 0.141 e. The Hall–Kier alpha value is -1.47. The lowest BCUT2D eigenvalue weighted by Crippen LogP contribution is -2.46. The molecule has 3 nitrogen and oxygen atoms in total. The minimum absolute atomic E-state index is 0.402. The summed E-state index contributed by atoms with van der Waals surface area (Å²) in [7, 11) is 0. The van der Waals surface area contributed by atoms with Crippen LogP contribution in [-0.2, 0) is 5.60 Å². The van der Waals surface area contributed by atoms with Gasteiger partial charge >= 0.3 is 0 Å². The number of nitriles is 1. The highest BCUT2D eigenvalue weighted by atomic mass is 19.1. The number of rotatable bonds is 3. The average Bonchev–Trinajstić information content (AvgIpc) is 2.47. The van der Waals surface area contributed by atoms with Crippen molar-refractivity contribution in [1.82, 2.24) is 4.98 Å². The molecule has 1 saturated carbocycles. The summed E-state index contributed by atoms with van der Waals surface area (Å²) >= 11 is 0. The van der Waals surface area contributed by atoms with E-state index in [-0.39, 0.29) is 0 Å². The first-order valence-corrected chi connectivity index (χ1v) is 6.84. The third-order valence-electron chi connectivity index (χ3n) is 4.38. The van der Waals surface area contributed by atoms with Crippen LogP contribution in [0.2, 0.25) is 0 Å². The predicted molar refractivity (Wildman–Crippen MR) is 69.5 cm³/mol. The van der Waals surface area contributed by atoms with Gasteiger partial charge in [0, 0.05) is 0 Å². The second-order valence-electron chi connectivity index (χ2n) is 5.33. The molecule has 1 aliphatic rings. The van der Waals surface area contributed by atoms with Crippen LogP contribution in [0.25, 0.3) is 0 Å². The van der Waals surface area contributed by atoms with Gasteiger partial charge in [-0.15, -0.1) is 0 Å². The Morgan fingerprint density at radius 2 is 2.11 bits per heavy atom. The molecular weight excluding hydrogens is 243 g/mol.